The highest BCUT2D eigenvalue weighted by atomic mass is 127. The van der Waals surface area contributed by atoms with Gasteiger partial charge in [-0.2, -0.15) is 19.8 Å². The van der Waals surface area contributed by atoms with Crippen molar-refractivity contribution < 1.29 is 9.63 Å². The van der Waals surface area contributed by atoms with Gasteiger partial charge in [-0.05, 0) is 85.6 Å². The van der Waals surface area contributed by atoms with Gasteiger partial charge >= 0.3 is 0 Å². The lowest BCUT2D eigenvalue weighted by Crippen LogP contribution is -2.33. The predicted octanol–water partition coefficient (Wildman–Crippen LogP) is 5.38. The molecule has 2 saturated carbocycles. The van der Waals surface area contributed by atoms with Gasteiger partial charge in [0.15, 0.2) is 11.5 Å². The lowest BCUT2D eigenvalue weighted by Gasteiger charge is -2.28. The van der Waals surface area contributed by atoms with E-state index in [1.54, 1.807) is 16.9 Å². The number of hydrogen-bond donors (Lipinski definition) is 0. The van der Waals surface area contributed by atoms with Gasteiger partial charge in [0, 0.05) is 23.3 Å². The zero-order valence-corrected chi connectivity index (χ0v) is 21.0. The van der Waals surface area contributed by atoms with E-state index in [9.17, 15) is 4.79 Å². The Kier molecular flexibility index (Phi) is 5.98. The standard InChI is InChI=1S/C25H27IN6O2/c26-12-11-17-3-6-20(7-4-17)30-16-19-14-18(5-10-22(19)29-30)25(33)32(34-21-8-9-21)24-15-27-23-2-1-13-28-31(23)24/h1-2,5,10,13-17,20-21H,3-4,6-9,11-12H2. The molecule has 6 rings (SSSR count). The van der Waals surface area contributed by atoms with Gasteiger partial charge in [0.25, 0.3) is 5.91 Å². The Hall–Kier alpha value is -2.53. The van der Waals surface area contributed by atoms with Crippen LogP contribution in [0.1, 0.15) is 61.3 Å². The molecular formula is C25H27IN6O2. The van der Waals surface area contributed by atoms with Crippen LogP contribution in [0, 0.1) is 5.92 Å². The van der Waals surface area contributed by atoms with Crippen molar-refractivity contribution in [1.29, 1.82) is 0 Å². The first kappa shape index (κ1) is 22.0. The third kappa shape index (κ3) is 4.31. The number of imidazole rings is 1. The summed E-state index contributed by atoms with van der Waals surface area (Å²) < 4.78 is 4.99. The van der Waals surface area contributed by atoms with Crippen LogP contribution in [0.5, 0.6) is 0 Å². The Bertz CT molecular complexity index is 1320. The Labute approximate surface area is 211 Å². The van der Waals surface area contributed by atoms with Crippen molar-refractivity contribution in [2.45, 2.75) is 57.1 Å². The Morgan fingerprint density at radius 2 is 2.00 bits per heavy atom. The summed E-state index contributed by atoms with van der Waals surface area (Å²) in [5, 5.41) is 11.5. The summed E-state index contributed by atoms with van der Waals surface area (Å²) in [6.07, 6.45) is 13.5. The molecule has 34 heavy (non-hydrogen) atoms. The van der Waals surface area contributed by atoms with Gasteiger partial charge in [0.2, 0.25) is 0 Å². The highest BCUT2D eigenvalue weighted by Crippen LogP contribution is 2.35. The largest absolute Gasteiger partial charge is 0.283 e. The molecule has 8 nitrogen and oxygen atoms in total. The number of alkyl halides is 1. The first-order chi connectivity index (χ1) is 16.7. The Morgan fingerprint density at radius 3 is 2.79 bits per heavy atom. The lowest BCUT2D eigenvalue weighted by atomic mass is 9.85. The summed E-state index contributed by atoms with van der Waals surface area (Å²) in [5.41, 5.74) is 2.14. The van der Waals surface area contributed by atoms with Crippen molar-refractivity contribution >= 4 is 50.9 Å². The minimum absolute atomic E-state index is 0.0482. The van der Waals surface area contributed by atoms with Crippen LogP contribution in [0.4, 0.5) is 5.82 Å². The second-order valence-corrected chi connectivity index (χ2v) is 10.4. The summed E-state index contributed by atoms with van der Waals surface area (Å²) in [5.74, 6) is 1.13. The van der Waals surface area contributed by atoms with E-state index in [4.69, 9.17) is 9.94 Å². The van der Waals surface area contributed by atoms with Crippen molar-refractivity contribution in [2.75, 3.05) is 9.49 Å². The van der Waals surface area contributed by atoms with E-state index in [1.807, 2.05) is 30.3 Å². The van der Waals surface area contributed by atoms with Crippen molar-refractivity contribution in [2.24, 2.45) is 5.92 Å². The average molecular weight is 570 g/mol. The maximum atomic E-state index is 13.6. The molecule has 176 valence electrons. The van der Waals surface area contributed by atoms with E-state index in [-0.39, 0.29) is 12.0 Å². The van der Waals surface area contributed by atoms with E-state index in [0.717, 1.165) is 29.7 Å². The smallest absolute Gasteiger partial charge is 0.268 e. The predicted molar refractivity (Wildman–Crippen MR) is 138 cm³/mol. The third-order valence-corrected chi connectivity index (χ3v) is 7.53. The number of hydrogen-bond acceptors (Lipinski definition) is 5. The van der Waals surface area contributed by atoms with E-state index >= 15 is 0 Å². The molecule has 0 unspecified atom stereocenters. The average Bonchev–Trinajstić information content (AvgIpc) is 3.43. The van der Waals surface area contributed by atoms with Crippen LogP contribution in [0.25, 0.3) is 16.6 Å². The van der Waals surface area contributed by atoms with Gasteiger partial charge in [0.05, 0.1) is 23.9 Å². The van der Waals surface area contributed by atoms with Crippen LogP contribution in [0.2, 0.25) is 0 Å². The van der Waals surface area contributed by atoms with Crippen LogP contribution in [-0.4, -0.2) is 40.8 Å². The molecule has 3 aromatic heterocycles. The van der Waals surface area contributed by atoms with E-state index < -0.39 is 0 Å². The second kappa shape index (κ2) is 9.26. The summed E-state index contributed by atoms with van der Waals surface area (Å²) in [6.45, 7) is 0. The van der Waals surface area contributed by atoms with E-state index in [0.29, 0.717) is 23.1 Å². The molecule has 0 atom stereocenters. The fraction of sp³-hybridized carbons (Fsp3) is 0.440. The van der Waals surface area contributed by atoms with Crippen molar-refractivity contribution in [1.82, 2.24) is 24.4 Å². The molecule has 0 aliphatic heterocycles. The van der Waals surface area contributed by atoms with Crippen molar-refractivity contribution in [3.63, 3.8) is 0 Å². The lowest BCUT2D eigenvalue weighted by molar-refractivity contribution is 0.0585. The number of carbonyl (C=O) groups excluding carboxylic acids is 1. The molecule has 2 aliphatic rings. The van der Waals surface area contributed by atoms with Crippen LogP contribution >= 0.6 is 22.6 Å². The van der Waals surface area contributed by atoms with Gasteiger partial charge in [-0.15, -0.1) is 0 Å². The van der Waals surface area contributed by atoms with Crippen molar-refractivity contribution in [3.05, 3.63) is 54.5 Å². The third-order valence-electron chi connectivity index (χ3n) is 6.91. The zero-order chi connectivity index (χ0) is 23.1. The van der Waals surface area contributed by atoms with Crippen LogP contribution in [0.3, 0.4) is 0 Å². The number of aromatic nitrogens is 5. The number of rotatable bonds is 7. The molecule has 4 aromatic rings. The molecular weight excluding hydrogens is 543 g/mol. The van der Waals surface area contributed by atoms with Gasteiger partial charge in [-0.3, -0.25) is 14.3 Å². The quantitative estimate of drug-likeness (QED) is 0.170. The van der Waals surface area contributed by atoms with Gasteiger partial charge in [-0.25, -0.2) is 4.98 Å². The summed E-state index contributed by atoms with van der Waals surface area (Å²) in [4.78, 5) is 24.0. The number of hydroxylamine groups is 1. The molecule has 2 aliphatic carbocycles. The number of anilines is 1. The normalized spacial score (nSPS) is 20.7. The fourth-order valence-corrected chi connectivity index (χ4v) is 5.70. The first-order valence-corrected chi connectivity index (χ1v) is 13.6. The van der Waals surface area contributed by atoms with E-state index in [2.05, 4.69) is 43.6 Å². The second-order valence-electron chi connectivity index (χ2n) is 9.35. The van der Waals surface area contributed by atoms with Gasteiger partial charge < -0.3 is 0 Å². The molecule has 3 heterocycles. The molecule has 1 amide bonds. The zero-order valence-electron chi connectivity index (χ0n) is 18.9. The minimum atomic E-state index is -0.228. The molecule has 9 heteroatoms. The SMILES string of the molecule is O=C(c1ccc2nn(C3CCC(CCI)CC3)cc2c1)N(OC1CC1)c1cnc2cccnn12. The highest BCUT2D eigenvalue weighted by molar-refractivity contribution is 14.1. The van der Waals surface area contributed by atoms with Crippen LogP contribution in [-0.2, 0) is 4.84 Å². The molecule has 2 fully saturated rings. The number of amides is 1. The number of fused-ring (bicyclic) bond motifs is 2. The molecule has 0 N–H and O–H groups in total. The van der Waals surface area contributed by atoms with Crippen LogP contribution in [0.15, 0.2) is 48.9 Å². The number of nitrogens with zero attached hydrogens (tertiary/aromatic N) is 6. The van der Waals surface area contributed by atoms with Crippen LogP contribution < -0.4 is 5.06 Å². The maximum absolute atomic E-state index is 13.6. The molecule has 0 radical (unpaired) electrons. The van der Waals surface area contributed by atoms with E-state index in [1.165, 1.54) is 41.6 Å². The molecule has 0 bridgehead atoms. The molecule has 1 aromatic carbocycles. The molecule has 0 saturated heterocycles. The Balaban J connectivity index is 1.27. The summed E-state index contributed by atoms with van der Waals surface area (Å²) in [7, 11) is 0. The number of benzene rings is 1. The number of halogens is 1. The summed E-state index contributed by atoms with van der Waals surface area (Å²) >= 11 is 2.48. The minimum Gasteiger partial charge on any atom is -0.268 e. The van der Waals surface area contributed by atoms with Gasteiger partial charge in [0.1, 0.15) is 0 Å². The summed E-state index contributed by atoms with van der Waals surface area (Å²) in [6, 6.07) is 9.80. The maximum Gasteiger partial charge on any atom is 0.283 e. The molecule has 0 spiro atoms. The monoisotopic (exact) mass is 570 g/mol. The highest BCUT2D eigenvalue weighted by Gasteiger charge is 2.32. The fourth-order valence-electron chi connectivity index (χ4n) is 4.82. The van der Waals surface area contributed by atoms with Gasteiger partial charge in [-0.1, -0.05) is 22.6 Å². The topological polar surface area (TPSA) is 77.5 Å². The van der Waals surface area contributed by atoms with Crippen molar-refractivity contribution in [3.8, 4) is 0 Å². The first-order valence-electron chi connectivity index (χ1n) is 12.0. The Morgan fingerprint density at radius 1 is 1.15 bits per heavy atom. The number of carbonyl (C=O) groups is 1.